The summed E-state index contributed by atoms with van der Waals surface area (Å²) in [7, 11) is 0. The molecule has 2 unspecified atom stereocenters. The Kier molecular flexibility index (Phi) is 6.74. The van der Waals surface area contributed by atoms with Crippen molar-refractivity contribution in [3.63, 3.8) is 0 Å². The van der Waals surface area contributed by atoms with E-state index in [0.29, 0.717) is 5.56 Å². The molecular weight excluding hydrogens is 387 g/mol. The number of halogens is 3. The Hall–Kier alpha value is -2.23. The molecule has 6 nitrogen and oxygen atoms in total. The van der Waals surface area contributed by atoms with Crippen molar-refractivity contribution in [1.29, 1.82) is 0 Å². The molecule has 1 heterocycles. The topological polar surface area (TPSA) is 83.9 Å². The number of benzene rings is 1. The van der Waals surface area contributed by atoms with Gasteiger partial charge in [0.25, 0.3) is 0 Å². The molecule has 2 atom stereocenters. The second kappa shape index (κ2) is 8.64. The van der Waals surface area contributed by atoms with Crippen LogP contribution >= 0.6 is 11.8 Å². The van der Waals surface area contributed by atoms with Crippen molar-refractivity contribution in [3.8, 4) is 0 Å². The van der Waals surface area contributed by atoms with Crippen LogP contribution in [-0.4, -0.2) is 46.3 Å². The second-order valence-corrected chi connectivity index (χ2v) is 6.88. The van der Waals surface area contributed by atoms with Crippen molar-refractivity contribution in [2.75, 3.05) is 12.4 Å². The van der Waals surface area contributed by atoms with Gasteiger partial charge in [0.15, 0.2) is 0 Å². The average molecular weight is 405 g/mol. The third kappa shape index (κ3) is 5.15. The molecule has 0 bridgehead atoms. The Morgan fingerprint density at radius 2 is 1.85 bits per heavy atom. The molecule has 0 saturated carbocycles. The van der Waals surface area contributed by atoms with Crippen LogP contribution in [0.25, 0.3) is 0 Å². The maximum absolute atomic E-state index is 12.7. The summed E-state index contributed by atoms with van der Waals surface area (Å²) in [6.07, 6.45) is -4.92. The number of esters is 1. The van der Waals surface area contributed by atoms with E-state index in [1.54, 1.807) is 6.92 Å². The van der Waals surface area contributed by atoms with Crippen LogP contribution in [0.5, 0.6) is 0 Å². The predicted molar refractivity (Wildman–Crippen MR) is 90.8 cm³/mol. The molecule has 1 aromatic carbocycles. The van der Waals surface area contributed by atoms with Crippen molar-refractivity contribution >= 4 is 29.6 Å². The van der Waals surface area contributed by atoms with Crippen molar-refractivity contribution in [3.05, 3.63) is 35.4 Å². The fourth-order valence-corrected chi connectivity index (χ4v) is 4.11. The zero-order valence-electron chi connectivity index (χ0n) is 14.4. The number of carboxylic acids is 1. The van der Waals surface area contributed by atoms with E-state index in [9.17, 15) is 32.7 Å². The Morgan fingerprint density at radius 3 is 2.37 bits per heavy atom. The molecule has 2 rings (SSSR count). The first-order chi connectivity index (χ1) is 12.6. The molecule has 0 radical (unpaired) electrons. The van der Waals surface area contributed by atoms with Crippen LogP contribution in [0.3, 0.4) is 0 Å². The zero-order chi connectivity index (χ0) is 20.2. The second-order valence-electron chi connectivity index (χ2n) is 5.77. The summed E-state index contributed by atoms with van der Waals surface area (Å²) in [4.78, 5) is 36.6. The molecule has 1 aliphatic heterocycles. The Labute approximate surface area is 157 Å². The highest BCUT2D eigenvalue weighted by atomic mass is 32.2. The fraction of sp³-hybridized carbons (Fsp3) is 0.471. The number of hydrogen-bond donors (Lipinski definition) is 1. The SMILES string of the molecule is CCOC(=O)CCC(=O)N1C(C(=O)O)CSC1c1ccc(C(F)(F)F)cc1. The quantitative estimate of drug-likeness (QED) is 0.733. The first kappa shape index (κ1) is 21.1. The van der Waals surface area contributed by atoms with E-state index in [4.69, 9.17) is 4.74 Å². The normalized spacial score (nSPS) is 19.8. The number of hydrogen-bond acceptors (Lipinski definition) is 5. The number of carbonyl (C=O) groups is 3. The zero-order valence-corrected chi connectivity index (χ0v) is 15.2. The van der Waals surface area contributed by atoms with Crippen LogP contribution in [0.1, 0.15) is 36.3 Å². The van der Waals surface area contributed by atoms with Gasteiger partial charge < -0.3 is 14.7 Å². The smallest absolute Gasteiger partial charge is 0.416 e. The van der Waals surface area contributed by atoms with Gasteiger partial charge in [-0.15, -0.1) is 11.8 Å². The number of nitrogens with zero attached hydrogens (tertiary/aromatic N) is 1. The molecule has 10 heteroatoms. The van der Waals surface area contributed by atoms with Crippen molar-refractivity contribution in [2.24, 2.45) is 0 Å². The molecule has 1 aromatic rings. The third-order valence-electron chi connectivity index (χ3n) is 3.94. The molecule has 1 saturated heterocycles. The first-order valence-electron chi connectivity index (χ1n) is 8.13. The molecule has 1 N–H and O–H groups in total. The standard InChI is InChI=1S/C17H18F3NO5S/c1-2-26-14(23)8-7-13(22)21-12(16(24)25)9-27-15(21)10-3-5-11(6-4-10)17(18,19)20/h3-6,12,15H,2,7-9H2,1H3,(H,24,25). The summed E-state index contributed by atoms with van der Waals surface area (Å²) in [5.74, 6) is -2.24. The summed E-state index contributed by atoms with van der Waals surface area (Å²) in [5, 5.41) is 8.63. The van der Waals surface area contributed by atoms with Gasteiger partial charge in [-0.1, -0.05) is 12.1 Å². The summed E-state index contributed by atoms with van der Waals surface area (Å²) in [6, 6.07) is 3.14. The number of carboxylic acid groups (broad SMARTS) is 1. The highest BCUT2D eigenvalue weighted by molar-refractivity contribution is 7.99. The molecule has 1 aliphatic rings. The number of aliphatic carboxylic acids is 1. The largest absolute Gasteiger partial charge is 0.480 e. The lowest BCUT2D eigenvalue weighted by atomic mass is 10.1. The predicted octanol–water partition coefficient (Wildman–Crippen LogP) is 3.08. The minimum absolute atomic E-state index is 0.103. The fourth-order valence-electron chi connectivity index (χ4n) is 2.67. The summed E-state index contributed by atoms with van der Waals surface area (Å²) < 4.78 is 42.9. The number of rotatable bonds is 6. The lowest BCUT2D eigenvalue weighted by Gasteiger charge is -2.27. The van der Waals surface area contributed by atoms with Crippen LogP contribution in [0.4, 0.5) is 13.2 Å². The average Bonchev–Trinajstić information content (AvgIpc) is 3.04. The van der Waals surface area contributed by atoms with Crippen LogP contribution in [0, 0.1) is 0 Å². The maximum Gasteiger partial charge on any atom is 0.416 e. The molecular formula is C17H18F3NO5S. The van der Waals surface area contributed by atoms with E-state index in [2.05, 4.69) is 0 Å². The molecule has 1 fully saturated rings. The Bertz CT molecular complexity index is 708. The van der Waals surface area contributed by atoms with Crippen LogP contribution in [0.15, 0.2) is 24.3 Å². The lowest BCUT2D eigenvalue weighted by molar-refractivity contribution is -0.150. The van der Waals surface area contributed by atoms with E-state index in [0.717, 1.165) is 28.8 Å². The Balaban J connectivity index is 2.20. The van der Waals surface area contributed by atoms with Crippen LogP contribution < -0.4 is 0 Å². The van der Waals surface area contributed by atoms with Gasteiger partial charge in [-0.3, -0.25) is 9.59 Å². The van der Waals surface area contributed by atoms with E-state index in [1.807, 2.05) is 0 Å². The summed E-state index contributed by atoms with van der Waals surface area (Å²) in [6.45, 7) is 1.79. The van der Waals surface area contributed by atoms with E-state index >= 15 is 0 Å². The minimum Gasteiger partial charge on any atom is -0.480 e. The molecule has 0 aliphatic carbocycles. The minimum atomic E-state index is -4.49. The molecule has 0 aromatic heterocycles. The van der Waals surface area contributed by atoms with E-state index in [1.165, 1.54) is 12.1 Å². The Morgan fingerprint density at radius 1 is 1.22 bits per heavy atom. The van der Waals surface area contributed by atoms with Gasteiger partial charge in [0.2, 0.25) is 5.91 Å². The van der Waals surface area contributed by atoms with Gasteiger partial charge in [0, 0.05) is 12.2 Å². The first-order valence-corrected chi connectivity index (χ1v) is 9.18. The molecule has 148 valence electrons. The highest BCUT2D eigenvalue weighted by Crippen LogP contribution is 2.42. The van der Waals surface area contributed by atoms with Crippen LogP contribution in [0.2, 0.25) is 0 Å². The number of thioether (sulfide) groups is 1. The van der Waals surface area contributed by atoms with Crippen molar-refractivity contribution in [1.82, 2.24) is 4.90 Å². The van der Waals surface area contributed by atoms with E-state index < -0.39 is 41.0 Å². The lowest BCUT2D eigenvalue weighted by Crippen LogP contribution is -2.43. The van der Waals surface area contributed by atoms with Gasteiger partial charge >= 0.3 is 18.1 Å². The van der Waals surface area contributed by atoms with Crippen molar-refractivity contribution in [2.45, 2.75) is 37.4 Å². The number of ether oxygens (including phenoxy) is 1. The van der Waals surface area contributed by atoms with Gasteiger partial charge in [-0.25, -0.2) is 4.79 Å². The summed E-state index contributed by atoms with van der Waals surface area (Å²) >= 11 is 1.15. The van der Waals surface area contributed by atoms with Gasteiger partial charge in [-0.2, -0.15) is 13.2 Å². The maximum atomic E-state index is 12.7. The molecule has 1 amide bonds. The van der Waals surface area contributed by atoms with Crippen molar-refractivity contribution < 1.29 is 37.4 Å². The number of amides is 1. The number of carbonyl (C=O) groups excluding carboxylic acids is 2. The van der Waals surface area contributed by atoms with Crippen LogP contribution in [-0.2, 0) is 25.3 Å². The van der Waals surface area contributed by atoms with E-state index in [-0.39, 0.29) is 25.2 Å². The molecule has 27 heavy (non-hydrogen) atoms. The summed E-state index contributed by atoms with van der Waals surface area (Å²) in [5.41, 5.74) is -0.439. The number of alkyl halides is 3. The van der Waals surface area contributed by atoms with Gasteiger partial charge in [0.1, 0.15) is 11.4 Å². The molecule has 0 spiro atoms. The van der Waals surface area contributed by atoms with Gasteiger partial charge in [-0.05, 0) is 24.6 Å². The monoisotopic (exact) mass is 405 g/mol. The highest BCUT2D eigenvalue weighted by Gasteiger charge is 2.42. The van der Waals surface area contributed by atoms with Gasteiger partial charge in [0.05, 0.1) is 18.6 Å². The third-order valence-corrected chi connectivity index (χ3v) is 5.27.